The molecule has 0 amide bonds. The summed E-state index contributed by atoms with van der Waals surface area (Å²) in [7, 11) is 0. The van der Waals surface area contributed by atoms with Gasteiger partial charge in [-0.05, 0) is 0 Å². The third-order valence-corrected chi connectivity index (χ3v) is 2.23. The summed E-state index contributed by atoms with van der Waals surface area (Å²) in [6, 6.07) is 0. The molecule has 18 heavy (non-hydrogen) atoms. The van der Waals surface area contributed by atoms with Crippen LogP contribution >= 0.6 is 0 Å². The topological polar surface area (TPSA) is 176 Å². The van der Waals surface area contributed by atoms with Crippen LogP contribution in [-0.4, -0.2) is 91.0 Å². The third-order valence-electron chi connectivity index (χ3n) is 2.23. The van der Waals surface area contributed by atoms with Crippen molar-refractivity contribution in [3.63, 3.8) is 0 Å². The molecule has 0 bridgehead atoms. The van der Waals surface area contributed by atoms with Gasteiger partial charge < -0.3 is 35.7 Å². The van der Waals surface area contributed by atoms with Crippen molar-refractivity contribution < 1.29 is 45.3 Å². The Morgan fingerprint density at radius 2 is 1.17 bits per heavy atom. The molecule has 0 saturated heterocycles. The van der Waals surface area contributed by atoms with Crippen molar-refractivity contribution in [1.82, 2.24) is 0 Å². The molecule has 7 N–H and O–H groups in total. The van der Waals surface area contributed by atoms with E-state index in [1.807, 2.05) is 0 Å². The molecule has 0 radical (unpaired) electrons. The summed E-state index contributed by atoms with van der Waals surface area (Å²) < 4.78 is 0. The Balaban J connectivity index is 4.68. The van der Waals surface area contributed by atoms with Crippen LogP contribution in [0.15, 0.2) is 0 Å². The van der Waals surface area contributed by atoms with Gasteiger partial charge in [0.2, 0.25) is 0 Å². The number of carbonyl (C=O) groups excluding carboxylic acids is 2. The molecule has 9 heteroatoms. The second-order valence-electron chi connectivity index (χ2n) is 3.59. The standard InChI is InChI=1S/C9H16O9/c10-1-3(12)5(14)7(16)9(18)8(17)6(15)4(13)2-11/h3-5,8-14,17-18H,1-2H2/t3-,4+,5-,8+,9+/m1/s1. The predicted octanol–water partition coefficient (Wildman–Crippen LogP) is -5.09. The van der Waals surface area contributed by atoms with Crippen molar-refractivity contribution in [3.05, 3.63) is 0 Å². The van der Waals surface area contributed by atoms with E-state index in [1.54, 1.807) is 0 Å². The molecule has 0 spiro atoms. The van der Waals surface area contributed by atoms with Crippen molar-refractivity contribution in [1.29, 1.82) is 0 Å². The number of hydrogen-bond acceptors (Lipinski definition) is 9. The summed E-state index contributed by atoms with van der Waals surface area (Å²) in [4.78, 5) is 22.4. The zero-order valence-electron chi connectivity index (χ0n) is 9.25. The number of rotatable bonds is 8. The van der Waals surface area contributed by atoms with Crippen LogP contribution in [-0.2, 0) is 9.59 Å². The first-order valence-corrected chi connectivity index (χ1v) is 4.97. The summed E-state index contributed by atoms with van der Waals surface area (Å²) in [5.41, 5.74) is 0. The number of Topliss-reactive ketones (excluding diaryl/α,β-unsaturated/α-hetero) is 2. The lowest BCUT2D eigenvalue weighted by Crippen LogP contribution is -2.51. The Kier molecular flexibility index (Phi) is 7.09. The average molecular weight is 268 g/mol. The second-order valence-corrected chi connectivity index (χ2v) is 3.59. The van der Waals surface area contributed by atoms with Crippen molar-refractivity contribution in [2.75, 3.05) is 13.2 Å². The van der Waals surface area contributed by atoms with Crippen LogP contribution in [0, 0.1) is 0 Å². The highest BCUT2D eigenvalue weighted by atomic mass is 16.4. The molecule has 106 valence electrons. The molecule has 5 atom stereocenters. The Morgan fingerprint density at radius 1 is 0.722 bits per heavy atom. The van der Waals surface area contributed by atoms with Gasteiger partial charge in [-0.25, -0.2) is 0 Å². The van der Waals surface area contributed by atoms with Gasteiger partial charge in [0.25, 0.3) is 0 Å². The maximum Gasteiger partial charge on any atom is 0.195 e. The van der Waals surface area contributed by atoms with Crippen molar-refractivity contribution >= 4 is 11.6 Å². The zero-order valence-corrected chi connectivity index (χ0v) is 9.25. The van der Waals surface area contributed by atoms with E-state index in [1.165, 1.54) is 0 Å². The van der Waals surface area contributed by atoms with E-state index < -0.39 is 55.3 Å². The molecule has 0 aromatic heterocycles. The smallest absolute Gasteiger partial charge is 0.195 e. The first-order valence-electron chi connectivity index (χ1n) is 4.97. The first kappa shape index (κ1) is 17.1. The monoisotopic (exact) mass is 268 g/mol. The van der Waals surface area contributed by atoms with Crippen molar-refractivity contribution in [2.45, 2.75) is 30.5 Å². The fraction of sp³-hybridized carbons (Fsp3) is 0.778. The van der Waals surface area contributed by atoms with Gasteiger partial charge in [-0.3, -0.25) is 9.59 Å². The molecule has 0 heterocycles. The molecule has 0 aliphatic rings. The third kappa shape index (κ3) is 4.07. The SMILES string of the molecule is O=C([C@@H](O)CO)[C@H](O)[C@@H](O)C(=O)[C@H](O)[C@H](O)CO. The van der Waals surface area contributed by atoms with Crippen LogP contribution in [0.25, 0.3) is 0 Å². The number of ketones is 2. The lowest BCUT2D eigenvalue weighted by atomic mass is 9.97. The summed E-state index contributed by atoms with van der Waals surface area (Å²) in [5.74, 6) is -2.91. The number of carbonyl (C=O) groups is 2. The van der Waals surface area contributed by atoms with Gasteiger partial charge in [0.05, 0.1) is 13.2 Å². The lowest BCUT2D eigenvalue weighted by Gasteiger charge is -2.21. The fourth-order valence-electron chi connectivity index (χ4n) is 1.06. The molecule has 0 aliphatic heterocycles. The van der Waals surface area contributed by atoms with Crippen LogP contribution in [0.1, 0.15) is 0 Å². The maximum atomic E-state index is 11.3. The van der Waals surface area contributed by atoms with Crippen LogP contribution < -0.4 is 0 Å². The van der Waals surface area contributed by atoms with Crippen LogP contribution in [0.5, 0.6) is 0 Å². The van der Waals surface area contributed by atoms with Gasteiger partial charge in [0.15, 0.2) is 11.6 Å². The molecule has 0 aromatic rings. The van der Waals surface area contributed by atoms with E-state index in [2.05, 4.69) is 0 Å². The Hall–Kier alpha value is -0.940. The van der Waals surface area contributed by atoms with E-state index in [0.717, 1.165) is 0 Å². The Morgan fingerprint density at radius 3 is 1.56 bits per heavy atom. The fourth-order valence-corrected chi connectivity index (χ4v) is 1.06. The normalized spacial score (nSPS) is 19.7. The molecule has 0 rings (SSSR count). The highest BCUT2D eigenvalue weighted by molar-refractivity contribution is 5.96. The van der Waals surface area contributed by atoms with Gasteiger partial charge in [-0.1, -0.05) is 0 Å². The highest BCUT2D eigenvalue weighted by Crippen LogP contribution is 2.06. The van der Waals surface area contributed by atoms with Crippen LogP contribution in [0.3, 0.4) is 0 Å². The minimum Gasteiger partial charge on any atom is -0.394 e. The molecule has 9 nitrogen and oxygen atoms in total. The van der Waals surface area contributed by atoms with Gasteiger partial charge in [0, 0.05) is 0 Å². The number of aliphatic hydroxyl groups is 7. The van der Waals surface area contributed by atoms with Crippen molar-refractivity contribution in [2.24, 2.45) is 0 Å². The molecule has 0 unspecified atom stereocenters. The number of aliphatic hydroxyl groups excluding tert-OH is 7. The molecular weight excluding hydrogens is 252 g/mol. The summed E-state index contributed by atoms with van der Waals surface area (Å²) in [5, 5.41) is 62.3. The quantitative estimate of drug-likeness (QED) is 0.227. The summed E-state index contributed by atoms with van der Waals surface area (Å²) in [6.45, 7) is -1.98. The molecule has 0 fully saturated rings. The molecule has 0 saturated carbocycles. The van der Waals surface area contributed by atoms with E-state index in [9.17, 15) is 19.8 Å². The predicted molar refractivity (Wildman–Crippen MR) is 54.2 cm³/mol. The van der Waals surface area contributed by atoms with E-state index in [-0.39, 0.29) is 0 Å². The minimum atomic E-state index is -2.39. The lowest BCUT2D eigenvalue weighted by molar-refractivity contribution is -0.157. The van der Waals surface area contributed by atoms with Gasteiger partial charge in [-0.15, -0.1) is 0 Å². The van der Waals surface area contributed by atoms with Crippen LogP contribution in [0.2, 0.25) is 0 Å². The van der Waals surface area contributed by atoms with E-state index in [4.69, 9.17) is 25.5 Å². The van der Waals surface area contributed by atoms with E-state index in [0.29, 0.717) is 0 Å². The van der Waals surface area contributed by atoms with Crippen LogP contribution in [0.4, 0.5) is 0 Å². The molecule has 0 aromatic carbocycles. The highest BCUT2D eigenvalue weighted by Gasteiger charge is 2.38. The van der Waals surface area contributed by atoms with Gasteiger partial charge in [-0.2, -0.15) is 0 Å². The maximum absolute atomic E-state index is 11.3. The summed E-state index contributed by atoms with van der Waals surface area (Å²) in [6.07, 6.45) is -10.8. The minimum absolute atomic E-state index is 0.969. The first-order chi connectivity index (χ1) is 8.27. The average Bonchev–Trinajstić information content (AvgIpc) is 2.40. The largest absolute Gasteiger partial charge is 0.394 e. The van der Waals surface area contributed by atoms with Gasteiger partial charge in [0.1, 0.15) is 30.5 Å². The van der Waals surface area contributed by atoms with Gasteiger partial charge >= 0.3 is 0 Å². The summed E-state index contributed by atoms with van der Waals surface area (Å²) >= 11 is 0. The van der Waals surface area contributed by atoms with Crippen molar-refractivity contribution in [3.8, 4) is 0 Å². The zero-order chi connectivity index (χ0) is 14.5. The second kappa shape index (κ2) is 7.48. The molecular formula is C9H16O9. The number of hydrogen-bond donors (Lipinski definition) is 7. The molecule has 0 aliphatic carbocycles. The van der Waals surface area contributed by atoms with E-state index >= 15 is 0 Å². The Labute approximate surface area is 102 Å². The Bertz CT molecular complexity index is 292.